The molecule has 0 spiro atoms. The van der Waals surface area contributed by atoms with Crippen LogP contribution in [0.1, 0.15) is 19.3 Å². The molecule has 0 fully saturated rings. The molecule has 0 atom stereocenters. The number of hydrogen-bond acceptors (Lipinski definition) is 3. The first-order valence-electron chi connectivity index (χ1n) is 6.86. The van der Waals surface area contributed by atoms with E-state index in [9.17, 15) is 22.8 Å². The molecule has 1 heterocycles. The second kappa shape index (κ2) is 6.09. The summed E-state index contributed by atoms with van der Waals surface area (Å²) in [6.07, 6.45) is -4.95. The molecule has 7 heteroatoms. The van der Waals surface area contributed by atoms with E-state index in [0.29, 0.717) is 17.0 Å². The van der Waals surface area contributed by atoms with E-state index in [1.807, 2.05) is 30.3 Å². The molecule has 2 aromatic carbocycles. The van der Waals surface area contributed by atoms with E-state index in [1.165, 1.54) is 6.07 Å². The fourth-order valence-corrected chi connectivity index (χ4v) is 3.04. The molecule has 1 amide bonds. The Kier molecular flexibility index (Phi) is 4.11. The zero-order valence-corrected chi connectivity index (χ0v) is 12.9. The van der Waals surface area contributed by atoms with E-state index < -0.39 is 22.7 Å². The lowest BCUT2D eigenvalue weighted by Gasteiger charge is -2.05. The fraction of sp³-hybridized carbons (Fsp3) is 0.0588. The van der Waals surface area contributed by atoms with Crippen molar-refractivity contribution in [3.8, 4) is 0 Å². The minimum atomic E-state index is -4.95. The van der Waals surface area contributed by atoms with Crippen LogP contribution in [0.5, 0.6) is 0 Å². The second-order valence-corrected chi connectivity index (χ2v) is 6.09. The van der Waals surface area contributed by atoms with E-state index in [0.717, 1.165) is 16.8 Å². The van der Waals surface area contributed by atoms with Gasteiger partial charge in [0, 0.05) is 5.69 Å². The van der Waals surface area contributed by atoms with Crippen LogP contribution in [0.2, 0.25) is 0 Å². The van der Waals surface area contributed by atoms with Crippen LogP contribution in [0.25, 0.3) is 10.8 Å². The summed E-state index contributed by atoms with van der Waals surface area (Å²) in [6, 6.07) is 15.1. The van der Waals surface area contributed by atoms with Crippen LogP contribution in [0.15, 0.2) is 54.6 Å². The van der Waals surface area contributed by atoms with Gasteiger partial charge in [0.25, 0.3) is 11.7 Å². The Hall–Kier alpha value is -2.67. The Balaban J connectivity index is 1.79. The molecular formula is C17H10F3NO2S. The summed E-state index contributed by atoms with van der Waals surface area (Å²) in [7, 11) is 0. The number of rotatable bonds is 3. The van der Waals surface area contributed by atoms with E-state index >= 15 is 0 Å². The van der Waals surface area contributed by atoms with Gasteiger partial charge >= 0.3 is 6.18 Å². The van der Waals surface area contributed by atoms with Gasteiger partial charge in [-0.15, -0.1) is 11.3 Å². The number of carbonyl (C=O) groups excluding carboxylic acids is 2. The summed E-state index contributed by atoms with van der Waals surface area (Å²) in [5.41, 5.74) is 0.524. The van der Waals surface area contributed by atoms with Crippen LogP contribution in [0.3, 0.4) is 0 Å². The highest BCUT2D eigenvalue weighted by atomic mass is 32.1. The Morgan fingerprint density at radius 2 is 1.54 bits per heavy atom. The van der Waals surface area contributed by atoms with Crippen molar-refractivity contribution in [2.45, 2.75) is 6.18 Å². The Morgan fingerprint density at radius 3 is 2.25 bits per heavy atom. The molecule has 0 aliphatic rings. The van der Waals surface area contributed by atoms with Gasteiger partial charge in [0.1, 0.15) is 0 Å². The van der Waals surface area contributed by atoms with Crippen molar-refractivity contribution < 1.29 is 22.8 Å². The molecule has 0 aliphatic carbocycles. The largest absolute Gasteiger partial charge is 0.455 e. The zero-order valence-electron chi connectivity index (χ0n) is 12.1. The van der Waals surface area contributed by atoms with Crippen molar-refractivity contribution in [3.63, 3.8) is 0 Å². The maximum absolute atomic E-state index is 12.4. The Morgan fingerprint density at radius 1 is 0.875 bits per heavy atom. The van der Waals surface area contributed by atoms with Gasteiger partial charge in [-0.1, -0.05) is 30.3 Å². The number of carbonyl (C=O) groups is 2. The third-order valence-electron chi connectivity index (χ3n) is 3.32. The minimum absolute atomic E-state index is 0.0377. The van der Waals surface area contributed by atoms with Gasteiger partial charge in [-0.25, -0.2) is 0 Å². The van der Waals surface area contributed by atoms with Crippen molar-refractivity contribution in [3.05, 3.63) is 64.4 Å². The summed E-state index contributed by atoms with van der Waals surface area (Å²) >= 11 is 0.517. The van der Waals surface area contributed by atoms with E-state index in [1.54, 1.807) is 12.1 Å². The van der Waals surface area contributed by atoms with Crippen molar-refractivity contribution in [1.29, 1.82) is 0 Å². The average Bonchev–Trinajstić information content (AvgIpc) is 3.03. The van der Waals surface area contributed by atoms with E-state index in [2.05, 4.69) is 5.32 Å². The van der Waals surface area contributed by atoms with Crippen molar-refractivity contribution >= 4 is 39.5 Å². The maximum atomic E-state index is 12.4. The number of ketones is 1. The SMILES string of the molecule is O=C(Nc1ccc2ccccc2c1)c1ccc(C(=O)C(F)(F)F)s1. The fourth-order valence-electron chi connectivity index (χ4n) is 2.18. The van der Waals surface area contributed by atoms with Gasteiger partial charge in [-0.2, -0.15) is 13.2 Å². The molecule has 1 N–H and O–H groups in total. The van der Waals surface area contributed by atoms with Crippen LogP contribution in [-0.4, -0.2) is 17.9 Å². The molecule has 0 radical (unpaired) electrons. The Labute approximate surface area is 138 Å². The zero-order chi connectivity index (χ0) is 17.3. The smallest absolute Gasteiger partial charge is 0.321 e. The van der Waals surface area contributed by atoms with Crippen LogP contribution < -0.4 is 5.32 Å². The topological polar surface area (TPSA) is 46.2 Å². The first-order chi connectivity index (χ1) is 11.3. The van der Waals surface area contributed by atoms with Crippen molar-refractivity contribution in [1.82, 2.24) is 0 Å². The van der Waals surface area contributed by atoms with E-state index in [4.69, 9.17) is 0 Å². The molecule has 24 heavy (non-hydrogen) atoms. The average molecular weight is 349 g/mol. The highest BCUT2D eigenvalue weighted by molar-refractivity contribution is 7.16. The van der Waals surface area contributed by atoms with Crippen LogP contribution in [-0.2, 0) is 0 Å². The van der Waals surface area contributed by atoms with Gasteiger partial charge in [-0.05, 0) is 35.0 Å². The first kappa shape index (κ1) is 16.2. The number of thiophene rings is 1. The standard InChI is InChI=1S/C17H10F3NO2S/c18-17(19,20)15(22)13-7-8-14(24-13)16(23)21-12-6-5-10-3-1-2-4-11(10)9-12/h1-9H,(H,21,23). The predicted molar refractivity (Wildman–Crippen MR) is 86.6 cm³/mol. The van der Waals surface area contributed by atoms with Gasteiger partial charge < -0.3 is 5.32 Å². The first-order valence-corrected chi connectivity index (χ1v) is 7.68. The number of halogens is 3. The molecule has 0 aliphatic heterocycles. The molecule has 3 nitrogen and oxygen atoms in total. The molecular weight excluding hydrogens is 339 g/mol. The number of hydrogen-bond donors (Lipinski definition) is 1. The predicted octanol–water partition coefficient (Wildman–Crippen LogP) is 4.90. The van der Waals surface area contributed by atoms with Crippen LogP contribution in [0, 0.1) is 0 Å². The molecule has 1 aromatic heterocycles. The number of Topliss-reactive ketones (excluding diaryl/α,β-unsaturated/α-hetero) is 1. The minimum Gasteiger partial charge on any atom is -0.321 e. The summed E-state index contributed by atoms with van der Waals surface area (Å²) in [4.78, 5) is 22.8. The molecule has 0 bridgehead atoms. The summed E-state index contributed by atoms with van der Waals surface area (Å²) in [6.45, 7) is 0. The normalized spacial score (nSPS) is 11.5. The van der Waals surface area contributed by atoms with Crippen LogP contribution in [0.4, 0.5) is 18.9 Å². The van der Waals surface area contributed by atoms with Crippen molar-refractivity contribution in [2.24, 2.45) is 0 Å². The highest BCUT2D eigenvalue weighted by Gasteiger charge is 2.40. The lowest BCUT2D eigenvalue weighted by atomic mass is 10.1. The van der Waals surface area contributed by atoms with E-state index in [-0.39, 0.29) is 4.88 Å². The molecule has 3 aromatic rings. The third kappa shape index (κ3) is 3.30. The number of amides is 1. The molecule has 0 unspecified atom stereocenters. The summed E-state index contributed by atoms with van der Waals surface area (Å²) < 4.78 is 37.2. The van der Waals surface area contributed by atoms with Gasteiger partial charge in [0.05, 0.1) is 9.75 Å². The Bertz CT molecular complexity index is 931. The summed E-state index contributed by atoms with van der Waals surface area (Å²) in [5.74, 6) is -2.51. The molecule has 0 saturated carbocycles. The highest BCUT2D eigenvalue weighted by Crippen LogP contribution is 2.27. The monoisotopic (exact) mass is 349 g/mol. The summed E-state index contributed by atoms with van der Waals surface area (Å²) in [5, 5.41) is 4.55. The number of nitrogens with one attached hydrogen (secondary N) is 1. The number of benzene rings is 2. The number of anilines is 1. The maximum Gasteiger partial charge on any atom is 0.455 e. The second-order valence-electron chi connectivity index (χ2n) is 5.01. The number of fused-ring (bicyclic) bond motifs is 1. The number of alkyl halides is 3. The van der Waals surface area contributed by atoms with Gasteiger partial charge in [0.15, 0.2) is 0 Å². The molecule has 0 saturated heterocycles. The third-order valence-corrected chi connectivity index (χ3v) is 4.40. The quantitative estimate of drug-likeness (QED) is 0.684. The van der Waals surface area contributed by atoms with Crippen molar-refractivity contribution in [2.75, 3.05) is 5.32 Å². The van der Waals surface area contributed by atoms with Crippen LogP contribution >= 0.6 is 11.3 Å². The molecule has 3 rings (SSSR count). The lowest BCUT2D eigenvalue weighted by Crippen LogP contribution is -2.21. The van der Waals surface area contributed by atoms with Gasteiger partial charge in [-0.3, -0.25) is 9.59 Å². The molecule has 122 valence electrons. The lowest BCUT2D eigenvalue weighted by molar-refractivity contribution is -0.0882. The van der Waals surface area contributed by atoms with Gasteiger partial charge in [0.2, 0.25) is 0 Å².